The summed E-state index contributed by atoms with van der Waals surface area (Å²) < 4.78 is 0. The quantitative estimate of drug-likeness (QED) is 0.908. The van der Waals surface area contributed by atoms with E-state index in [0.717, 1.165) is 35.5 Å². The first-order valence-corrected chi connectivity index (χ1v) is 8.56. The number of benzene rings is 1. The molecule has 1 unspecified atom stereocenters. The van der Waals surface area contributed by atoms with Gasteiger partial charge in [-0.2, -0.15) is 11.8 Å². The highest BCUT2D eigenvalue weighted by molar-refractivity contribution is 7.99. The molecule has 1 fully saturated rings. The predicted molar refractivity (Wildman–Crippen MR) is 89.1 cm³/mol. The van der Waals surface area contributed by atoms with Crippen LogP contribution in [0.25, 0.3) is 10.9 Å². The molecule has 2 amide bonds. The number of aromatic amines is 1. The Morgan fingerprint density at radius 2 is 2.05 bits per heavy atom. The Balaban J connectivity index is 1.70. The van der Waals surface area contributed by atoms with Gasteiger partial charge in [0.25, 0.3) is 5.91 Å². The van der Waals surface area contributed by atoms with Crippen molar-refractivity contribution >= 4 is 34.5 Å². The standard InChI is InChI=1S/C16H19N3O2S/c1-11(16(21)19-7-9-22-10-8-19)18-15(20)13-3-2-4-14-12(13)5-6-17-14/h2-6,11,17H,7-10H2,1H3,(H,18,20). The molecule has 0 radical (unpaired) electrons. The van der Waals surface area contributed by atoms with Crippen LogP contribution < -0.4 is 5.32 Å². The van der Waals surface area contributed by atoms with E-state index >= 15 is 0 Å². The molecule has 0 aliphatic carbocycles. The Labute approximate surface area is 133 Å². The van der Waals surface area contributed by atoms with Gasteiger partial charge in [0.1, 0.15) is 6.04 Å². The molecule has 1 aliphatic heterocycles. The number of H-pyrrole nitrogens is 1. The smallest absolute Gasteiger partial charge is 0.252 e. The molecule has 116 valence electrons. The van der Waals surface area contributed by atoms with E-state index in [1.54, 1.807) is 19.2 Å². The molecule has 22 heavy (non-hydrogen) atoms. The van der Waals surface area contributed by atoms with E-state index < -0.39 is 6.04 Å². The first-order chi connectivity index (χ1) is 10.7. The topological polar surface area (TPSA) is 65.2 Å². The van der Waals surface area contributed by atoms with Crippen molar-refractivity contribution in [2.24, 2.45) is 0 Å². The van der Waals surface area contributed by atoms with Gasteiger partial charge in [0, 0.05) is 47.3 Å². The fourth-order valence-electron chi connectivity index (χ4n) is 2.68. The summed E-state index contributed by atoms with van der Waals surface area (Å²) in [6, 6.07) is 6.90. The van der Waals surface area contributed by atoms with E-state index in [1.165, 1.54) is 0 Å². The molecule has 5 nitrogen and oxygen atoms in total. The third kappa shape index (κ3) is 2.97. The number of nitrogens with one attached hydrogen (secondary N) is 2. The zero-order chi connectivity index (χ0) is 15.5. The zero-order valence-electron chi connectivity index (χ0n) is 12.5. The molecular formula is C16H19N3O2S. The summed E-state index contributed by atoms with van der Waals surface area (Å²) in [6.45, 7) is 3.27. The summed E-state index contributed by atoms with van der Waals surface area (Å²) in [5.74, 6) is 1.72. The van der Waals surface area contributed by atoms with Crippen LogP contribution in [0.2, 0.25) is 0 Å². The van der Waals surface area contributed by atoms with Crippen LogP contribution in [0.1, 0.15) is 17.3 Å². The van der Waals surface area contributed by atoms with Crippen LogP contribution in [-0.2, 0) is 4.79 Å². The highest BCUT2D eigenvalue weighted by atomic mass is 32.2. The van der Waals surface area contributed by atoms with Gasteiger partial charge >= 0.3 is 0 Å². The van der Waals surface area contributed by atoms with Crippen molar-refractivity contribution in [3.05, 3.63) is 36.0 Å². The van der Waals surface area contributed by atoms with Crippen LogP contribution in [0.4, 0.5) is 0 Å². The number of hydrogen-bond acceptors (Lipinski definition) is 3. The fourth-order valence-corrected chi connectivity index (χ4v) is 3.58. The van der Waals surface area contributed by atoms with Gasteiger partial charge in [0.2, 0.25) is 5.91 Å². The number of aromatic nitrogens is 1. The van der Waals surface area contributed by atoms with Crippen LogP contribution in [0.15, 0.2) is 30.5 Å². The Morgan fingerprint density at radius 1 is 1.27 bits per heavy atom. The Kier molecular flexibility index (Phi) is 4.38. The molecule has 0 bridgehead atoms. The molecule has 2 N–H and O–H groups in total. The van der Waals surface area contributed by atoms with Crippen molar-refractivity contribution in [3.8, 4) is 0 Å². The lowest BCUT2D eigenvalue weighted by atomic mass is 10.1. The van der Waals surface area contributed by atoms with Gasteiger partial charge in [-0.05, 0) is 25.1 Å². The molecule has 1 atom stereocenters. The molecule has 3 rings (SSSR count). The SMILES string of the molecule is CC(NC(=O)c1cccc2[nH]ccc12)C(=O)N1CCSCC1. The number of amides is 2. The monoisotopic (exact) mass is 317 g/mol. The third-order valence-electron chi connectivity index (χ3n) is 3.88. The van der Waals surface area contributed by atoms with E-state index in [-0.39, 0.29) is 11.8 Å². The fraction of sp³-hybridized carbons (Fsp3) is 0.375. The lowest BCUT2D eigenvalue weighted by molar-refractivity contribution is -0.132. The largest absolute Gasteiger partial charge is 0.361 e. The maximum atomic E-state index is 12.5. The predicted octanol–water partition coefficient (Wildman–Crippen LogP) is 1.86. The number of carbonyl (C=O) groups excluding carboxylic acids is 2. The lowest BCUT2D eigenvalue weighted by Gasteiger charge is -2.29. The highest BCUT2D eigenvalue weighted by Crippen LogP contribution is 2.17. The number of fused-ring (bicyclic) bond motifs is 1. The Morgan fingerprint density at radius 3 is 2.82 bits per heavy atom. The van der Waals surface area contributed by atoms with E-state index in [2.05, 4.69) is 10.3 Å². The van der Waals surface area contributed by atoms with Crippen molar-refractivity contribution in [3.63, 3.8) is 0 Å². The maximum Gasteiger partial charge on any atom is 0.252 e. The molecule has 1 aromatic heterocycles. The van der Waals surface area contributed by atoms with Gasteiger partial charge in [-0.15, -0.1) is 0 Å². The molecular weight excluding hydrogens is 298 g/mol. The normalized spacial score (nSPS) is 16.5. The molecule has 1 saturated heterocycles. The van der Waals surface area contributed by atoms with Crippen LogP contribution >= 0.6 is 11.8 Å². The van der Waals surface area contributed by atoms with Crippen molar-refractivity contribution in [1.82, 2.24) is 15.2 Å². The third-order valence-corrected chi connectivity index (χ3v) is 4.82. The van der Waals surface area contributed by atoms with Crippen LogP contribution in [0.3, 0.4) is 0 Å². The van der Waals surface area contributed by atoms with Gasteiger partial charge < -0.3 is 15.2 Å². The van der Waals surface area contributed by atoms with Crippen molar-refractivity contribution in [2.45, 2.75) is 13.0 Å². The summed E-state index contributed by atoms with van der Waals surface area (Å²) in [5.41, 5.74) is 1.51. The number of carbonyl (C=O) groups is 2. The average Bonchev–Trinajstić information content (AvgIpc) is 3.03. The second kappa shape index (κ2) is 6.44. The van der Waals surface area contributed by atoms with Gasteiger partial charge in [-0.25, -0.2) is 0 Å². The number of rotatable bonds is 3. The Bertz CT molecular complexity index is 692. The minimum Gasteiger partial charge on any atom is -0.361 e. The second-order valence-electron chi connectivity index (χ2n) is 5.38. The van der Waals surface area contributed by atoms with Gasteiger partial charge in [0.05, 0.1) is 0 Å². The molecule has 1 aromatic carbocycles. The number of hydrogen-bond donors (Lipinski definition) is 2. The average molecular weight is 317 g/mol. The lowest BCUT2D eigenvalue weighted by Crippen LogP contribution is -2.49. The zero-order valence-corrected chi connectivity index (χ0v) is 13.3. The van der Waals surface area contributed by atoms with Crippen molar-refractivity contribution in [2.75, 3.05) is 24.6 Å². The van der Waals surface area contributed by atoms with Crippen LogP contribution in [-0.4, -0.2) is 52.3 Å². The van der Waals surface area contributed by atoms with E-state index in [4.69, 9.17) is 0 Å². The highest BCUT2D eigenvalue weighted by Gasteiger charge is 2.24. The van der Waals surface area contributed by atoms with Gasteiger partial charge in [-0.1, -0.05) is 6.07 Å². The molecule has 0 spiro atoms. The van der Waals surface area contributed by atoms with E-state index in [9.17, 15) is 9.59 Å². The van der Waals surface area contributed by atoms with Gasteiger partial charge in [0.15, 0.2) is 0 Å². The maximum absolute atomic E-state index is 12.5. The number of thioether (sulfide) groups is 1. The van der Waals surface area contributed by atoms with Crippen molar-refractivity contribution < 1.29 is 9.59 Å². The Hall–Kier alpha value is -1.95. The molecule has 2 heterocycles. The minimum atomic E-state index is -0.509. The van der Waals surface area contributed by atoms with E-state index in [0.29, 0.717) is 5.56 Å². The van der Waals surface area contributed by atoms with Crippen molar-refractivity contribution in [1.29, 1.82) is 0 Å². The van der Waals surface area contributed by atoms with E-state index in [1.807, 2.05) is 34.9 Å². The summed E-state index contributed by atoms with van der Waals surface area (Å²) in [7, 11) is 0. The van der Waals surface area contributed by atoms with Crippen LogP contribution in [0, 0.1) is 0 Å². The summed E-state index contributed by atoms with van der Waals surface area (Å²) in [4.78, 5) is 29.7. The minimum absolute atomic E-state index is 0.00473. The second-order valence-corrected chi connectivity index (χ2v) is 6.60. The van der Waals surface area contributed by atoms with Gasteiger partial charge in [-0.3, -0.25) is 9.59 Å². The summed E-state index contributed by atoms with van der Waals surface area (Å²) >= 11 is 1.86. The molecule has 1 aliphatic rings. The first-order valence-electron chi connectivity index (χ1n) is 7.40. The summed E-state index contributed by atoms with van der Waals surface area (Å²) in [6.07, 6.45) is 1.81. The molecule has 0 saturated carbocycles. The van der Waals surface area contributed by atoms with Crippen LogP contribution in [0.5, 0.6) is 0 Å². The summed E-state index contributed by atoms with van der Waals surface area (Å²) in [5, 5.41) is 3.69. The number of nitrogens with zero attached hydrogens (tertiary/aromatic N) is 1. The first kappa shape index (κ1) is 15.0. The molecule has 2 aromatic rings. The molecule has 6 heteroatoms.